The molecule has 0 bridgehead atoms. The Morgan fingerprint density at radius 2 is 2.00 bits per heavy atom. The summed E-state index contributed by atoms with van der Waals surface area (Å²) in [5.41, 5.74) is 5.51. The quantitative estimate of drug-likeness (QED) is 0.801. The molecule has 3 atom stereocenters. The van der Waals surface area contributed by atoms with Crippen LogP contribution in [0.4, 0.5) is 13.2 Å². The zero-order valence-electron chi connectivity index (χ0n) is 14.5. The third-order valence-corrected chi connectivity index (χ3v) is 4.84. The molecule has 1 aromatic rings. The predicted molar refractivity (Wildman–Crippen MR) is 94.3 cm³/mol. The first-order chi connectivity index (χ1) is 11.2. The molecule has 2 rings (SSSR count). The highest BCUT2D eigenvalue weighted by Crippen LogP contribution is 2.34. The molecule has 3 N–H and O–H groups in total. The predicted octanol–water partition coefficient (Wildman–Crippen LogP) is 4.32. The zero-order chi connectivity index (χ0) is 17.9. The van der Waals surface area contributed by atoms with E-state index in [0.717, 1.165) is 31.4 Å². The standard InChI is InChI=1S/C18H25F3N2O.ClH/c1-11(2)16(12-5-3-7-14(9-12)18(19,20)21)23-17(24)15-8-4-6-13(15)10-22;/h3,5,7,9,11,13,15-16H,4,6,8,10,22H2,1-2H3,(H,23,24);1H/t13-,15-,16?;/m1./s1. The summed E-state index contributed by atoms with van der Waals surface area (Å²) in [7, 11) is 0. The topological polar surface area (TPSA) is 55.1 Å². The molecule has 1 aromatic carbocycles. The summed E-state index contributed by atoms with van der Waals surface area (Å²) in [6.07, 6.45) is -1.70. The molecule has 1 unspecified atom stereocenters. The van der Waals surface area contributed by atoms with Gasteiger partial charge in [-0.2, -0.15) is 13.2 Å². The average Bonchev–Trinajstić information content (AvgIpc) is 3.00. The molecule has 0 heterocycles. The molecule has 0 saturated heterocycles. The van der Waals surface area contributed by atoms with Gasteiger partial charge >= 0.3 is 6.18 Å². The molecular formula is C18H26ClF3N2O. The molecule has 1 aliphatic carbocycles. The van der Waals surface area contributed by atoms with E-state index in [-0.39, 0.29) is 36.1 Å². The number of nitrogens with one attached hydrogen (secondary N) is 1. The van der Waals surface area contributed by atoms with Crippen LogP contribution in [0, 0.1) is 17.8 Å². The highest BCUT2D eigenvalue weighted by molar-refractivity contribution is 5.85. The molecular weight excluding hydrogens is 353 g/mol. The lowest BCUT2D eigenvalue weighted by Crippen LogP contribution is -2.39. The highest BCUT2D eigenvalue weighted by atomic mass is 35.5. The van der Waals surface area contributed by atoms with Gasteiger partial charge in [0.1, 0.15) is 0 Å². The van der Waals surface area contributed by atoms with E-state index in [0.29, 0.717) is 12.1 Å². The number of benzene rings is 1. The summed E-state index contributed by atoms with van der Waals surface area (Å²) in [5, 5.41) is 2.96. The van der Waals surface area contributed by atoms with Gasteiger partial charge in [-0.25, -0.2) is 0 Å². The van der Waals surface area contributed by atoms with Gasteiger partial charge < -0.3 is 11.1 Å². The van der Waals surface area contributed by atoms with Gasteiger partial charge in [-0.05, 0) is 48.9 Å². The minimum atomic E-state index is -4.39. The van der Waals surface area contributed by atoms with E-state index in [9.17, 15) is 18.0 Å². The second kappa shape index (κ2) is 8.90. The molecule has 1 fully saturated rings. The number of carbonyl (C=O) groups excluding carboxylic acids is 1. The van der Waals surface area contributed by atoms with Crippen LogP contribution in [0.3, 0.4) is 0 Å². The molecule has 0 aliphatic heterocycles. The number of hydrogen-bond donors (Lipinski definition) is 2. The molecule has 1 aliphatic rings. The number of nitrogens with two attached hydrogens (primary N) is 1. The Morgan fingerprint density at radius 1 is 1.32 bits per heavy atom. The highest BCUT2D eigenvalue weighted by Gasteiger charge is 2.34. The van der Waals surface area contributed by atoms with Crippen molar-refractivity contribution in [2.24, 2.45) is 23.5 Å². The second-order valence-electron chi connectivity index (χ2n) is 6.89. The Labute approximate surface area is 153 Å². The minimum Gasteiger partial charge on any atom is -0.349 e. The van der Waals surface area contributed by atoms with Gasteiger partial charge in [0.25, 0.3) is 0 Å². The lowest BCUT2D eigenvalue weighted by molar-refractivity contribution is -0.137. The Bertz CT molecular complexity index is 578. The minimum absolute atomic E-state index is 0. The van der Waals surface area contributed by atoms with Crippen molar-refractivity contribution in [1.82, 2.24) is 5.32 Å². The molecule has 0 radical (unpaired) electrons. The Morgan fingerprint density at radius 3 is 2.56 bits per heavy atom. The summed E-state index contributed by atoms with van der Waals surface area (Å²) in [5.74, 6) is -0.0874. The Kier molecular flexibility index (Phi) is 7.75. The maximum Gasteiger partial charge on any atom is 0.416 e. The first-order valence-electron chi connectivity index (χ1n) is 8.41. The number of rotatable bonds is 5. The van der Waals surface area contributed by atoms with Crippen molar-refractivity contribution in [2.75, 3.05) is 6.54 Å². The van der Waals surface area contributed by atoms with Crippen molar-refractivity contribution in [3.05, 3.63) is 35.4 Å². The molecule has 7 heteroatoms. The van der Waals surface area contributed by atoms with Crippen molar-refractivity contribution >= 4 is 18.3 Å². The van der Waals surface area contributed by atoms with Crippen LogP contribution in [0.25, 0.3) is 0 Å². The zero-order valence-corrected chi connectivity index (χ0v) is 15.3. The van der Waals surface area contributed by atoms with Gasteiger partial charge in [-0.15, -0.1) is 12.4 Å². The van der Waals surface area contributed by atoms with Gasteiger partial charge in [-0.1, -0.05) is 32.4 Å². The SMILES string of the molecule is CC(C)C(NC(=O)[C@@H]1CCC[C@@H]1CN)c1cccc(C(F)(F)F)c1.Cl. The number of hydrogen-bond acceptors (Lipinski definition) is 2. The second-order valence-corrected chi connectivity index (χ2v) is 6.89. The fourth-order valence-electron chi connectivity index (χ4n) is 3.47. The molecule has 1 saturated carbocycles. The van der Waals surface area contributed by atoms with E-state index in [1.54, 1.807) is 6.07 Å². The summed E-state index contributed by atoms with van der Waals surface area (Å²) in [6, 6.07) is 4.75. The van der Waals surface area contributed by atoms with Crippen LogP contribution in [0.1, 0.15) is 50.3 Å². The number of amides is 1. The van der Waals surface area contributed by atoms with E-state index in [1.165, 1.54) is 6.07 Å². The van der Waals surface area contributed by atoms with Gasteiger partial charge in [0.15, 0.2) is 0 Å². The molecule has 142 valence electrons. The normalized spacial score (nSPS) is 21.7. The molecule has 1 amide bonds. The number of carbonyl (C=O) groups is 1. The van der Waals surface area contributed by atoms with Crippen LogP contribution >= 0.6 is 12.4 Å². The fraction of sp³-hybridized carbons (Fsp3) is 0.611. The molecule has 3 nitrogen and oxygen atoms in total. The van der Waals surface area contributed by atoms with Gasteiger partial charge in [-0.3, -0.25) is 4.79 Å². The van der Waals surface area contributed by atoms with Crippen molar-refractivity contribution in [3.63, 3.8) is 0 Å². The van der Waals surface area contributed by atoms with Gasteiger partial charge in [0.2, 0.25) is 5.91 Å². The first kappa shape index (κ1) is 21.8. The molecule has 25 heavy (non-hydrogen) atoms. The third kappa shape index (κ3) is 5.35. The van der Waals surface area contributed by atoms with E-state index < -0.39 is 17.8 Å². The smallest absolute Gasteiger partial charge is 0.349 e. The van der Waals surface area contributed by atoms with E-state index >= 15 is 0 Å². The largest absolute Gasteiger partial charge is 0.416 e. The summed E-state index contributed by atoms with van der Waals surface area (Å²) < 4.78 is 38.8. The van der Waals surface area contributed by atoms with Gasteiger partial charge in [0.05, 0.1) is 11.6 Å². The Hall–Kier alpha value is -1.27. The van der Waals surface area contributed by atoms with Crippen LogP contribution in [0.2, 0.25) is 0 Å². The van der Waals surface area contributed by atoms with Crippen molar-refractivity contribution in [1.29, 1.82) is 0 Å². The van der Waals surface area contributed by atoms with Crippen LogP contribution in [0.15, 0.2) is 24.3 Å². The van der Waals surface area contributed by atoms with Crippen molar-refractivity contribution in [2.45, 2.75) is 45.3 Å². The number of alkyl halides is 3. The molecule has 0 aromatic heterocycles. The third-order valence-electron chi connectivity index (χ3n) is 4.84. The van der Waals surface area contributed by atoms with Crippen LogP contribution in [-0.4, -0.2) is 12.5 Å². The lowest BCUT2D eigenvalue weighted by atomic mass is 9.91. The van der Waals surface area contributed by atoms with Crippen molar-refractivity contribution < 1.29 is 18.0 Å². The van der Waals surface area contributed by atoms with Crippen LogP contribution < -0.4 is 11.1 Å². The maximum absolute atomic E-state index is 12.9. The summed E-state index contributed by atoms with van der Waals surface area (Å²) in [4.78, 5) is 12.6. The fourth-order valence-corrected chi connectivity index (χ4v) is 3.47. The van der Waals surface area contributed by atoms with Crippen LogP contribution in [0.5, 0.6) is 0 Å². The van der Waals surface area contributed by atoms with E-state index in [1.807, 2.05) is 13.8 Å². The summed E-state index contributed by atoms with van der Waals surface area (Å²) >= 11 is 0. The summed E-state index contributed by atoms with van der Waals surface area (Å²) in [6.45, 7) is 4.24. The van der Waals surface area contributed by atoms with E-state index in [2.05, 4.69) is 5.32 Å². The molecule has 0 spiro atoms. The van der Waals surface area contributed by atoms with E-state index in [4.69, 9.17) is 5.73 Å². The van der Waals surface area contributed by atoms with Gasteiger partial charge in [0, 0.05) is 5.92 Å². The lowest BCUT2D eigenvalue weighted by Gasteiger charge is -2.27. The van der Waals surface area contributed by atoms with Crippen LogP contribution in [-0.2, 0) is 11.0 Å². The Balaban J connectivity index is 0.00000312. The number of halogens is 4. The monoisotopic (exact) mass is 378 g/mol. The maximum atomic E-state index is 12.9. The first-order valence-corrected chi connectivity index (χ1v) is 8.41. The van der Waals surface area contributed by atoms with Crippen molar-refractivity contribution in [3.8, 4) is 0 Å². The average molecular weight is 379 g/mol.